The first kappa shape index (κ1) is 13.5. The molecule has 116 valence electrons. The maximum absolute atomic E-state index is 12.8. The van der Waals surface area contributed by atoms with Gasteiger partial charge in [-0.25, -0.2) is 0 Å². The number of piperidine rings is 1. The molecule has 4 rings (SSSR count). The third-order valence-electron chi connectivity index (χ3n) is 4.80. The second kappa shape index (κ2) is 5.26. The summed E-state index contributed by atoms with van der Waals surface area (Å²) in [6, 6.07) is 0.276. The normalized spacial score (nSPS) is 21.1. The molecule has 0 unspecified atom stereocenters. The lowest BCUT2D eigenvalue weighted by Crippen LogP contribution is -2.41. The number of carbonyl (C=O) groups is 1. The number of aryl methyl sites for hydroxylation is 2. The van der Waals surface area contributed by atoms with Crippen LogP contribution in [0.5, 0.6) is 0 Å². The molecule has 2 aromatic rings. The molecule has 0 saturated carbocycles. The van der Waals surface area contributed by atoms with Crippen molar-refractivity contribution in [3.63, 3.8) is 0 Å². The summed E-state index contributed by atoms with van der Waals surface area (Å²) in [5.74, 6) is 0.0768. The summed E-state index contributed by atoms with van der Waals surface area (Å²) in [5, 5.41) is 11.7. The molecule has 1 fully saturated rings. The first-order valence-electron chi connectivity index (χ1n) is 8.08. The van der Waals surface area contributed by atoms with Crippen molar-refractivity contribution in [3.05, 3.63) is 34.9 Å². The molecule has 6 nitrogen and oxygen atoms in total. The molecule has 1 atom stereocenters. The average molecular weight is 299 g/mol. The van der Waals surface area contributed by atoms with Crippen LogP contribution in [0.25, 0.3) is 0 Å². The Hall–Kier alpha value is -2.11. The van der Waals surface area contributed by atoms with Crippen LogP contribution in [0.4, 0.5) is 0 Å². The molecule has 0 aromatic carbocycles. The van der Waals surface area contributed by atoms with Crippen molar-refractivity contribution in [2.45, 2.75) is 45.1 Å². The number of likely N-dealkylation sites (tertiary alicyclic amines) is 1. The Morgan fingerprint density at radius 3 is 3.09 bits per heavy atom. The van der Waals surface area contributed by atoms with E-state index in [1.807, 2.05) is 22.7 Å². The summed E-state index contributed by atoms with van der Waals surface area (Å²) in [6.07, 6.45) is 9.14. The van der Waals surface area contributed by atoms with Gasteiger partial charge in [0.2, 0.25) is 0 Å². The van der Waals surface area contributed by atoms with Crippen LogP contribution in [0.3, 0.4) is 0 Å². The minimum Gasteiger partial charge on any atom is -0.335 e. The third-order valence-corrected chi connectivity index (χ3v) is 4.80. The SMILES string of the molecule is Cc1cnn([C@H]2CCCN(C(=O)c3n[nH]c4c3CCC4)C2)c1. The summed E-state index contributed by atoms with van der Waals surface area (Å²) in [7, 11) is 0. The monoisotopic (exact) mass is 299 g/mol. The number of hydrogen-bond donors (Lipinski definition) is 1. The zero-order valence-corrected chi connectivity index (χ0v) is 12.9. The molecule has 1 amide bonds. The van der Waals surface area contributed by atoms with Crippen LogP contribution >= 0.6 is 0 Å². The summed E-state index contributed by atoms with van der Waals surface area (Å²) in [4.78, 5) is 14.8. The predicted octanol–water partition coefficient (Wildman–Crippen LogP) is 1.88. The molecule has 6 heteroatoms. The number of nitrogens with one attached hydrogen (secondary N) is 1. The van der Waals surface area contributed by atoms with Gasteiger partial charge in [-0.3, -0.25) is 14.6 Å². The van der Waals surface area contributed by atoms with Crippen molar-refractivity contribution in [2.24, 2.45) is 0 Å². The molecule has 0 radical (unpaired) electrons. The van der Waals surface area contributed by atoms with Crippen LogP contribution in [-0.4, -0.2) is 43.9 Å². The van der Waals surface area contributed by atoms with Crippen molar-refractivity contribution >= 4 is 5.91 Å². The van der Waals surface area contributed by atoms with Gasteiger partial charge < -0.3 is 4.90 Å². The third kappa shape index (κ3) is 2.23. The van der Waals surface area contributed by atoms with Crippen LogP contribution in [0, 0.1) is 6.92 Å². The first-order valence-corrected chi connectivity index (χ1v) is 8.08. The average Bonchev–Trinajstić information content (AvgIpc) is 3.22. The number of nitrogens with zero attached hydrogens (tertiary/aromatic N) is 4. The van der Waals surface area contributed by atoms with E-state index in [-0.39, 0.29) is 11.9 Å². The highest BCUT2D eigenvalue weighted by Crippen LogP contribution is 2.26. The number of H-pyrrole nitrogens is 1. The van der Waals surface area contributed by atoms with Crippen molar-refractivity contribution in [1.82, 2.24) is 24.9 Å². The van der Waals surface area contributed by atoms with Gasteiger partial charge in [0.25, 0.3) is 5.91 Å². The highest BCUT2D eigenvalue weighted by Gasteiger charge is 2.30. The largest absolute Gasteiger partial charge is 0.335 e. The molecule has 0 spiro atoms. The highest BCUT2D eigenvalue weighted by atomic mass is 16.2. The fraction of sp³-hybridized carbons (Fsp3) is 0.562. The smallest absolute Gasteiger partial charge is 0.274 e. The topological polar surface area (TPSA) is 66.8 Å². The number of carbonyl (C=O) groups excluding carboxylic acids is 1. The quantitative estimate of drug-likeness (QED) is 0.920. The van der Waals surface area contributed by atoms with E-state index in [1.165, 1.54) is 0 Å². The minimum absolute atomic E-state index is 0.0768. The van der Waals surface area contributed by atoms with Gasteiger partial charge in [-0.15, -0.1) is 0 Å². The molecule has 1 aliphatic heterocycles. The Kier molecular flexibility index (Phi) is 3.24. The van der Waals surface area contributed by atoms with Crippen LogP contribution in [0.15, 0.2) is 12.4 Å². The lowest BCUT2D eigenvalue weighted by atomic mass is 10.0. The minimum atomic E-state index is 0.0768. The molecule has 1 N–H and O–H groups in total. The zero-order valence-electron chi connectivity index (χ0n) is 12.9. The van der Waals surface area contributed by atoms with Crippen molar-refractivity contribution in [2.75, 3.05) is 13.1 Å². The number of hydrogen-bond acceptors (Lipinski definition) is 3. The van der Waals surface area contributed by atoms with Crippen LogP contribution < -0.4 is 0 Å². The van der Waals surface area contributed by atoms with E-state index < -0.39 is 0 Å². The van der Waals surface area contributed by atoms with Crippen LogP contribution in [0.1, 0.15) is 52.6 Å². The van der Waals surface area contributed by atoms with Crippen molar-refractivity contribution in [3.8, 4) is 0 Å². The lowest BCUT2D eigenvalue weighted by molar-refractivity contribution is 0.0666. The van der Waals surface area contributed by atoms with E-state index in [1.54, 1.807) is 0 Å². The molecule has 0 bridgehead atoms. The van der Waals surface area contributed by atoms with Gasteiger partial charge in [0, 0.05) is 30.5 Å². The second-order valence-electron chi connectivity index (χ2n) is 6.43. The Morgan fingerprint density at radius 2 is 2.27 bits per heavy atom. The van der Waals surface area contributed by atoms with Gasteiger partial charge in [-0.05, 0) is 44.6 Å². The number of fused-ring (bicyclic) bond motifs is 1. The lowest BCUT2D eigenvalue weighted by Gasteiger charge is -2.32. The molecule has 2 aromatic heterocycles. The standard InChI is InChI=1S/C16H21N5O/c1-11-8-17-21(9-11)12-4-3-7-20(10-12)16(22)15-13-5-2-6-14(13)18-19-15/h8-9,12H,2-7,10H2,1H3,(H,18,19)/t12-/m0/s1. The Morgan fingerprint density at radius 1 is 1.36 bits per heavy atom. The summed E-state index contributed by atoms with van der Waals surface area (Å²) in [6.45, 7) is 3.58. The second-order valence-corrected chi connectivity index (χ2v) is 6.43. The fourth-order valence-corrected chi connectivity index (χ4v) is 3.63. The van der Waals surface area contributed by atoms with Gasteiger partial charge >= 0.3 is 0 Å². The molecular weight excluding hydrogens is 278 g/mol. The predicted molar refractivity (Wildman–Crippen MR) is 81.8 cm³/mol. The molecule has 1 saturated heterocycles. The van der Waals surface area contributed by atoms with E-state index in [0.29, 0.717) is 5.69 Å². The Bertz CT molecular complexity index is 701. The van der Waals surface area contributed by atoms with E-state index in [4.69, 9.17) is 0 Å². The molecule has 2 aliphatic rings. The number of amides is 1. The van der Waals surface area contributed by atoms with Gasteiger partial charge in [0.1, 0.15) is 0 Å². The summed E-state index contributed by atoms with van der Waals surface area (Å²) in [5.41, 5.74) is 4.10. The highest BCUT2D eigenvalue weighted by molar-refractivity contribution is 5.94. The molecule has 3 heterocycles. The fourth-order valence-electron chi connectivity index (χ4n) is 3.63. The molecular formula is C16H21N5O. The van der Waals surface area contributed by atoms with Gasteiger partial charge in [0.15, 0.2) is 5.69 Å². The zero-order chi connectivity index (χ0) is 15.1. The molecule has 22 heavy (non-hydrogen) atoms. The number of rotatable bonds is 2. The Labute approximate surface area is 129 Å². The van der Waals surface area contributed by atoms with E-state index >= 15 is 0 Å². The van der Waals surface area contributed by atoms with Gasteiger partial charge in [0.05, 0.1) is 12.2 Å². The van der Waals surface area contributed by atoms with Gasteiger partial charge in [-0.2, -0.15) is 10.2 Å². The number of aromatic nitrogens is 4. The number of aromatic amines is 1. The van der Waals surface area contributed by atoms with E-state index in [2.05, 4.69) is 21.5 Å². The molecule has 1 aliphatic carbocycles. The van der Waals surface area contributed by atoms with Crippen LogP contribution in [-0.2, 0) is 12.8 Å². The Balaban J connectivity index is 1.53. The van der Waals surface area contributed by atoms with Crippen molar-refractivity contribution < 1.29 is 4.79 Å². The van der Waals surface area contributed by atoms with E-state index in [0.717, 1.165) is 62.0 Å². The van der Waals surface area contributed by atoms with Crippen LogP contribution in [0.2, 0.25) is 0 Å². The van der Waals surface area contributed by atoms with E-state index in [9.17, 15) is 4.79 Å². The maximum Gasteiger partial charge on any atom is 0.274 e. The maximum atomic E-state index is 12.8. The first-order chi connectivity index (χ1) is 10.7. The van der Waals surface area contributed by atoms with Gasteiger partial charge in [-0.1, -0.05) is 0 Å². The summed E-state index contributed by atoms with van der Waals surface area (Å²) < 4.78 is 2.00. The van der Waals surface area contributed by atoms with Crippen molar-refractivity contribution in [1.29, 1.82) is 0 Å². The summed E-state index contributed by atoms with van der Waals surface area (Å²) >= 11 is 0.